The van der Waals surface area contributed by atoms with E-state index in [4.69, 9.17) is 4.52 Å². The summed E-state index contributed by atoms with van der Waals surface area (Å²) < 4.78 is 6.33. The number of anilines is 1. The lowest BCUT2D eigenvalue weighted by Gasteiger charge is -2.07. The highest BCUT2D eigenvalue weighted by Crippen LogP contribution is 2.34. The van der Waals surface area contributed by atoms with E-state index >= 15 is 0 Å². The second kappa shape index (κ2) is 6.80. The number of benzene rings is 1. The maximum Gasteiger partial charge on any atom is 0.267 e. The maximum atomic E-state index is 12.3. The molecule has 1 N–H and O–H groups in total. The van der Waals surface area contributed by atoms with Gasteiger partial charge >= 0.3 is 0 Å². The molecular formula is C18H16N4O3S. The van der Waals surface area contributed by atoms with Crippen LogP contribution in [-0.4, -0.2) is 20.8 Å². The van der Waals surface area contributed by atoms with Crippen LogP contribution >= 0.6 is 11.8 Å². The third-order valence-electron chi connectivity index (χ3n) is 4.12. The van der Waals surface area contributed by atoms with Crippen LogP contribution in [0.4, 0.5) is 5.88 Å². The summed E-state index contributed by atoms with van der Waals surface area (Å²) in [6, 6.07) is 10.9. The van der Waals surface area contributed by atoms with Crippen molar-refractivity contribution in [3.05, 3.63) is 63.6 Å². The fourth-order valence-corrected chi connectivity index (χ4v) is 3.72. The smallest absolute Gasteiger partial charge is 0.267 e. The van der Waals surface area contributed by atoms with Crippen LogP contribution in [0.5, 0.6) is 0 Å². The Hall–Kier alpha value is -2.87. The number of rotatable bonds is 4. The number of amides is 1. The maximum absolute atomic E-state index is 12.3. The molecule has 0 bridgehead atoms. The highest BCUT2D eigenvalue weighted by molar-refractivity contribution is 7.98. The minimum Gasteiger partial charge on any atom is -0.338 e. The molecule has 0 spiro atoms. The van der Waals surface area contributed by atoms with E-state index in [1.807, 2.05) is 31.2 Å². The molecule has 0 radical (unpaired) electrons. The molecule has 0 aliphatic carbocycles. The predicted molar refractivity (Wildman–Crippen MR) is 98.8 cm³/mol. The highest BCUT2D eigenvalue weighted by Gasteiger charge is 2.23. The third-order valence-corrected chi connectivity index (χ3v) is 5.09. The van der Waals surface area contributed by atoms with Crippen LogP contribution in [0.3, 0.4) is 0 Å². The molecule has 1 aliphatic rings. The Morgan fingerprint density at radius 1 is 1.23 bits per heavy atom. The number of carbonyl (C=O) groups is 1. The molecule has 0 unspecified atom stereocenters. The molecule has 132 valence electrons. The van der Waals surface area contributed by atoms with Crippen LogP contribution in [0.25, 0.3) is 11.3 Å². The van der Waals surface area contributed by atoms with Crippen LogP contribution in [0.2, 0.25) is 0 Å². The van der Waals surface area contributed by atoms with Crippen molar-refractivity contribution in [1.29, 1.82) is 0 Å². The van der Waals surface area contributed by atoms with Gasteiger partial charge in [-0.05, 0) is 13.0 Å². The van der Waals surface area contributed by atoms with Gasteiger partial charge in [-0.25, -0.2) is 4.68 Å². The Morgan fingerprint density at radius 2 is 2.04 bits per heavy atom. The lowest BCUT2D eigenvalue weighted by atomic mass is 10.1. The van der Waals surface area contributed by atoms with Crippen molar-refractivity contribution in [3.8, 4) is 11.3 Å². The minimum absolute atomic E-state index is 0.193. The molecule has 26 heavy (non-hydrogen) atoms. The van der Waals surface area contributed by atoms with Gasteiger partial charge in [-0.3, -0.25) is 14.9 Å². The molecule has 1 amide bonds. The number of aromatic nitrogens is 3. The number of thioether (sulfide) groups is 1. The van der Waals surface area contributed by atoms with E-state index < -0.39 is 0 Å². The van der Waals surface area contributed by atoms with Crippen molar-refractivity contribution in [2.24, 2.45) is 0 Å². The van der Waals surface area contributed by atoms with E-state index in [2.05, 4.69) is 15.6 Å². The first-order valence-electron chi connectivity index (χ1n) is 8.10. The van der Waals surface area contributed by atoms with Gasteiger partial charge in [0, 0.05) is 23.1 Å². The molecule has 0 saturated carbocycles. The summed E-state index contributed by atoms with van der Waals surface area (Å²) in [6.45, 7) is 1.81. The minimum atomic E-state index is -0.378. The topological polar surface area (TPSA) is 90.0 Å². The third kappa shape index (κ3) is 3.28. The van der Waals surface area contributed by atoms with Gasteiger partial charge < -0.3 is 4.52 Å². The lowest BCUT2D eigenvalue weighted by Crippen LogP contribution is -2.29. The summed E-state index contributed by atoms with van der Waals surface area (Å²) in [5.41, 5.74) is 4.09. The summed E-state index contributed by atoms with van der Waals surface area (Å²) in [7, 11) is 0. The first kappa shape index (κ1) is 16.6. The molecule has 3 aromatic rings. The van der Waals surface area contributed by atoms with Crippen molar-refractivity contribution in [3.63, 3.8) is 0 Å². The quantitative estimate of drug-likeness (QED) is 0.761. The van der Waals surface area contributed by atoms with Crippen molar-refractivity contribution in [2.75, 3.05) is 5.32 Å². The number of carbonyl (C=O) groups excluding carboxylic acids is 1. The van der Waals surface area contributed by atoms with Crippen LogP contribution in [0.1, 0.15) is 16.8 Å². The summed E-state index contributed by atoms with van der Waals surface area (Å²) >= 11 is 1.72. The number of hydrogen-bond donors (Lipinski definition) is 1. The van der Waals surface area contributed by atoms with Crippen molar-refractivity contribution < 1.29 is 9.32 Å². The van der Waals surface area contributed by atoms with Gasteiger partial charge in [0.15, 0.2) is 0 Å². The van der Waals surface area contributed by atoms with E-state index in [0.717, 1.165) is 38.6 Å². The Bertz CT molecular complexity index is 1020. The van der Waals surface area contributed by atoms with Gasteiger partial charge in [-0.15, -0.1) is 0 Å². The van der Waals surface area contributed by atoms with Crippen LogP contribution in [-0.2, 0) is 22.8 Å². The summed E-state index contributed by atoms with van der Waals surface area (Å²) in [4.78, 5) is 24.4. The summed E-state index contributed by atoms with van der Waals surface area (Å²) in [5.74, 6) is 1.53. The van der Waals surface area contributed by atoms with E-state index in [9.17, 15) is 9.59 Å². The van der Waals surface area contributed by atoms with Gasteiger partial charge in [-0.2, -0.15) is 16.9 Å². The SMILES string of the molecule is Cc1ccc(-c2ccc(=O)n(CC(=O)Nc3onc4c3CSC4)n2)cc1. The van der Waals surface area contributed by atoms with Gasteiger partial charge in [0.2, 0.25) is 11.8 Å². The van der Waals surface area contributed by atoms with E-state index in [0.29, 0.717) is 11.6 Å². The Balaban J connectivity index is 1.53. The second-order valence-corrected chi connectivity index (χ2v) is 7.04. The number of hydrogen-bond acceptors (Lipinski definition) is 6. The summed E-state index contributed by atoms with van der Waals surface area (Å²) in [5, 5.41) is 10.9. The average molecular weight is 368 g/mol. The largest absolute Gasteiger partial charge is 0.338 e. The zero-order valence-corrected chi connectivity index (χ0v) is 14.9. The molecule has 0 atom stereocenters. The highest BCUT2D eigenvalue weighted by atomic mass is 32.2. The molecule has 1 aliphatic heterocycles. The second-order valence-electron chi connectivity index (χ2n) is 6.06. The average Bonchev–Trinajstić information content (AvgIpc) is 3.23. The van der Waals surface area contributed by atoms with E-state index in [1.54, 1.807) is 17.8 Å². The van der Waals surface area contributed by atoms with Gasteiger partial charge in [0.1, 0.15) is 6.54 Å². The van der Waals surface area contributed by atoms with Crippen LogP contribution in [0, 0.1) is 6.92 Å². The molecule has 4 rings (SSSR count). The fourth-order valence-electron chi connectivity index (χ4n) is 2.69. The molecule has 3 heterocycles. The number of nitrogens with one attached hydrogen (secondary N) is 1. The fraction of sp³-hybridized carbons (Fsp3) is 0.222. The van der Waals surface area contributed by atoms with Gasteiger partial charge in [-0.1, -0.05) is 35.0 Å². The Labute approximate surface area is 153 Å². The predicted octanol–water partition coefficient (Wildman–Crippen LogP) is 2.59. The van der Waals surface area contributed by atoms with E-state index in [1.165, 1.54) is 6.07 Å². The molecule has 1 aromatic carbocycles. The molecule has 0 fully saturated rings. The molecule has 0 saturated heterocycles. The number of fused-ring (bicyclic) bond motifs is 1. The zero-order chi connectivity index (χ0) is 18.1. The van der Waals surface area contributed by atoms with Crippen LogP contribution < -0.4 is 10.9 Å². The van der Waals surface area contributed by atoms with Crippen molar-refractivity contribution >= 4 is 23.6 Å². The molecule has 8 heteroatoms. The van der Waals surface area contributed by atoms with Gasteiger partial charge in [0.25, 0.3) is 5.56 Å². The molecular weight excluding hydrogens is 352 g/mol. The Morgan fingerprint density at radius 3 is 2.85 bits per heavy atom. The number of aryl methyl sites for hydroxylation is 1. The van der Waals surface area contributed by atoms with Crippen molar-refractivity contribution in [1.82, 2.24) is 14.9 Å². The lowest BCUT2D eigenvalue weighted by molar-refractivity contribution is -0.117. The van der Waals surface area contributed by atoms with Crippen LogP contribution in [0.15, 0.2) is 45.7 Å². The first-order chi connectivity index (χ1) is 12.6. The standard InChI is InChI=1S/C18H16N4O3S/c1-11-2-4-12(5-3-11)14-6-7-17(24)22(20-14)8-16(23)19-18-13-9-26-10-15(13)21-25-18/h2-7H,8-10H2,1H3,(H,19,23). The zero-order valence-electron chi connectivity index (χ0n) is 14.1. The molecule has 2 aromatic heterocycles. The van der Waals surface area contributed by atoms with Gasteiger partial charge in [0.05, 0.1) is 17.0 Å². The normalized spacial score (nSPS) is 12.8. The van der Waals surface area contributed by atoms with E-state index in [-0.39, 0.29) is 18.0 Å². The summed E-state index contributed by atoms with van der Waals surface area (Å²) in [6.07, 6.45) is 0. The number of nitrogens with zero attached hydrogens (tertiary/aromatic N) is 3. The first-order valence-corrected chi connectivity index (χ1v) is 9.26. The monoisotopic (exact) mass is 368 g/mol. The Kier molecular flexibility index (Phi) is 4.34. The molecule has 7 nitrogen and oxygen atoms in total. The van der Waals surface area contributed by atoms with Crippen molar-refractivity contribution in [2.45, 2.75) is 25.0 Å².